The number of rotatable bonds is 5. The van der Waals surface area contributed by atoms with Crippen molar-refractivity contribution in [2.24, 2.45) is 7.05 Å². The maximum absolute atomic E-state index is 12.5. The zero-order valence-corrected chi connectivity index (χ0v) is 15.9. The summed E-state index contributed by atoms with van der Waals surface area (Å²) in [4.78, 5) is 11.6. The smallest absolute Gasteiger partial charge is 0.319 e. The number of carbonyl (C=O) groups is 1. The van der Waals surface area contributed by atoms with Crippen molar-refractivity contribution in [3.8, 4) is 0 Å². The quantitative estimate of drug-likeness (QED) is 0.735. The third-order valence-corrected chi connectivity index (χ3v) is 5.26. The Labute approximate surface area is 151 Å². The zero-order chi connectivity index (χ0) is 18.8. The zero-order valence-electron chi connectivity index (χ0n) is 14.3. The Morgan fingerprint density at radius 1 is 1.20 bits per heavy atom. The van der Waals surface area contributed by atoms with Gasteiger partial charge in [0.1, 0.15) is 10.0 Å². The molecule has 136 valence electrons. The maximum atomic E-state index is 12.5. The number of aromatic nitrogens is 2. The number of amides is 2. The summed E-state index contributed by atoms with van der Waals surface area (Å²) in [5, 5.41) is 9.39. The lowest BCUT2D eigenvalue weighted by Crippen LogP contribution is -2.34. The van der Waals surface area contributed by atoms with E-state index in [0.717, 1.165) is 0 Å². The van der Waals surface area contributed by atoms with Crippen LogP contribution in [0.15, 0.2) is 29.2 Å². The minimum absolute atomic E-state index is 0.0125. The summed E-state index contributed by atoms with van der Waals surface area (Å²) in [5.41, 5.74) is 1.19. The van der Waals surface area contributed by atoms with Crippen LogP contribution in [0.3, 0.4) is 0 Å². The van der Waals surface area contributed by atoms with E-state index in [-0.39, 0.29) is 22.1 Å². The molecule has 2 amide bonds. The van der Waals surface area contributed by atoms with Crippen LogP contribution in [-0.4, -0.2) is 30.3 Å². The number of benzene rings is 1. The molecule has 0 aliphatic carbocycles. The van der Waals surface area contributed by atoms with E-state index in [0.29, 0.717) is 17.1 Å². The third kappa shape index (κ3) is 4.64. The first-order valence-electron chi connectivity index (χ1n) is 7.49. The SMILES string of the molecule is Cc1nn(C)c(Cl)c1S(=O)(=O)Nc1ccc(NC(=O)NC(C)C)cc1. The first-order chi connectivity index (χ1) is 11.6. The van der Waals surface area contributed by atoms with Crippen LogP contribution in [0.2, 0.25) is 5.15 Å². The number of hydrogen-bond acceptors (Lipinski definition) is 4. The molecule has 2 rings (SSSR count). The summed E-state index contributed by atoms with van der Waals surface area (Å²) in [5.74, 6) is 0. The number of nitrogens with one attached hydrogen (secondary N) is 3. The molecule has 0 radical (unpaired) electrons. The lowest BCUT2D eigenvalue weighted by molar-refractivity contribution is 0.250. The molecule has 1 aromatic carbocycles. The molecule has 1 aromatic heterocycles. The fourth-order valence-corrected chi connectivity index (χ4v) is 3.98. The van der Waals surface area contributed by atoms with Gasteiger partial charge in [-0.15, -0.1) is 0 Å². The predicted octanol–water partition coefficient (Wildman–Crippen LogP) is 2.71. The van der Waals surface area contributed by atoms with E-state index in [1.165, 1.54) is 4.68 Å². The molecule has 2 aromatic rings. The first-order valence-corrected chi connectivity index (χ1v) is 9.35. The number of nitrogens with zero attached hydrogens (tertiary/aromatic N) is 2. The molecule has 3 N–H and O–H groups in total. The van der Waals surface area contributed by atoms with Crippen molar-refractivity contribution in [1.82, 2.24) is 15.1 Å². The normalized spacial score (nSPS) is 11.4. The molecule has 10 heteroatoms. The van der Waals surface area contributed by atoms with Crippen LogP contribution < -0.4 is 15.4 Å². The van der Waals surface area contributed by atoms with Gasteiger partial charge in [0.2, 0.25) is 0 Å². The van der Waals surface area contributed by atoms with Crippen LogP contribution in [0.4, 0.5) is 16.2 Å². The van der Waals surface area contributed by atoms with Crippen LogP contribution in [-0.2, 0) is 17.1 Å². The third-order valence-electron chi connectivity index (χ3n) is 3.18. The van der Waals surface area contributed by atoms with Crippen LogP contribution in [0.1, 0.15) is 19.5 Å². The van der Waals surface area contributed by atoms with Crippen molar-refractivity contribution in [2.75, 3.05) is 10.0 Å². The minimum Gasteiger partial charge on any atom is -0.336 e. The Morgan fingerprint density at radius 3 is 2.24 bits per heavy atom. The minimum atomic E-state index is -3.87. The summed E-state index contributed by atoms with van der Waals surface area (Å²) in [6.07, 6.45) is 0. The summed E-state index contributed by atoms with van der Waals surface area (Å²) in [6.45, 7) is 5.27. The van der Waals surface area contributed by atoms with Gasteiger partial charge in [0.25, 0.3) is 10.0 Å². The average Bonchev–Trinajstić information content (AvgIpc) is 2.73. The van der Waals surface area contributed by atoms with E-state index in [1.807, 2.05) is 13.8 Å². The largest absolute Gasteiger partial charge is 0.336 e. The highest BCUT2D eigenvalue weighted by molar-refractivity contribution is 7.92. The molecule has 0 spiro atoms. The van der Waals surface area contributed by atoms with E-state index < -0.39 is 10.0 Å². The number of sulfonamides is 1. The van der Waals surface area contributed by atoms with Crippen molar-refractivity contribution in [2.45, 2.75) is 31.7 Å². The van der Waals surface area contributed by atoms with Gasteiger partial charge in [-0.25, -0.2) is 13.2 Å². The lowest BCUT2D eigenvalue weighted by Gasteiger charge is -2.11. The fourth-order valence-electron chi connectivity index (χ4n) is 2.17. The summed E-state index contributed by atoms with van der Waals surface area (Å²) in [7, 11) is -2.30. The van der Waals surface area contributed by atoms with Gasteiger partial charge < -0.3 is 10.6 Å². The molecular weight excluding hydrogens is 366 g/mol. The number of hydrogen-bond donors (Lipinski definition) is 3. The number of halogens is 1. The molecule has 0 aliphatic heterocycles. The fraction of sp³-hybridized carbons (Fsp3) is 0.333. The molecule has 0 unspecified atom stereocenters. The second kappa shape index (κ2) is 7.32. The van der Waals surface area contributed by atoms with E-state index in [4.69, 9.17) is 11.6 Å². The highest BCUT2D eigenvalue weighted by Crippen LogP contribution is 2.26. The Kier molecular flexibility index (Phi) is 5.58. The molecule has 1 heterocycles. The maximum Gasteiger partial charge on any atom is 0.319 e. The molecule has 0 fully saturated rings. The molecule has 0 saturated carbocycles. The summed E-state index contributed by atoms with van der Waals surface area (Å²) >= 11 is 6.02. The molecular formula is C15H20ClN5O3S. The average molecular weight is 386 g/mol. The molecule has 0 bridgehead atoms. The van der Waals surface area contributed by atoms with Gasteiger partial charge in [0.15, 0.2) is 0 Å². The molecule has 8 nitrogen and oxygen atoms in total. The van der Waals surface area contributed by atoms with Gasteiger partial charge in [-0.1, -0.05) is 11.6 Å². The first kappa shape index (κ1) is 19.1. The van der Waals surface area contributed by atoms with Crippen molar-refractivity contribution < 1.29 is 13.2 Å². The summed E-state index contributed by atoms with van der Waals surface area (Å²) in [6, 6.07) is 5.95. The number of anilines is 2. The van der Waals surface area contributed by atoms with E-state index >= 15 is 0 Å². The van der Waals surface area contributed by atoms with E-state index in [9.17, 15) is 13.2 Å². The highest BCUT2D eigenvalue weighted by atomic mass is 35.5. The number of aryl methyl sites for hydroxylation is 2. The van der Waals surface area contributed by atoms with Crippen molar-refractivity contribution in [1.29, 1.82) is 0 Å². The molecule has 25 heavy (non-hydrogen) atoms. The second-order valence-electron chi connectivity index (χ2n) is 5.76. The van der Waals surface area contributed by atoms with Gasteiger partial charge in [0, 0.05) is 24.5 Å². The highest BCUT2D eigenvalue weighted by Gasteiger charge is 2.25. The van der Waals surface area contributed by atoms with Gasteiger partial charge in [-0.3, -0.25) is 9.40 Å². The standard InChI is InChI=1S/C15H20ClN5O3S/c1-9(2)17-15(22)18-11-5-7-12(8-6-11)20-25(23,24)13-10(3)19-21(4)14(13)16/h5-9,20H,1-4H3,(H2,17,18,22). The Hall–Kier alpha value is -2.26. The predicted molar refractivity (Wildman–Crippen MR) is 97.5 cm³/mol. The van der Waals surface area contributed by atoms with Crippen molar-refractivity contribution >= 4 is 39.0 Å². The summed E-state index contributed by atoms with van der Waals surface area (Å²) < 4.78 is 28.8. The Balaban J connectivity index is 2.14. The number of carbonyl (C=O) groups excluding carboxylic acids is 1. The van der Waals surface area contributed by atoms with Crippen molar-refractivity contribution in [3.63, 3.8) is 0 Å². The second-order valence-corrected chi connectivity index (χ2v) is 7.74. The monoisotopic (exact) mass is 385 g/mol. The van der Waals surface area contributed by atoms with E-state index in [2.05, 4.69) is 20.5 Å². The van der Waals surface area contributed by atoms with Gasteiger partial charge in [-0.05, 0) is 45.0 Å². The van der Waals surface area contributed by atoms with Crippen LogP contribution in [0.5, 0.6) is 0 Å². The number of urea groups is 1. The van der Waals surface area contributed by atoms with Gasteiger partial charge in [0.05, 0.1) is 5.69 Å². The Morgan fingerprint density at radius 2 is 1.76 bits per heavy atom. The molecule has 0 atom stereocenters. The van der Waals surface area contributed by atoms with E-state index in [1.54, 1.807) is 38.2 Å². The van der Waals surface area contributed by atoms with Crippen LogP contribution in [0, 0.1) is 6.92 Å². The van der Waals surface area contributed by atoms with Crippen molar-refractivity contribution in [3.05, 3.63) is 35.1 Å². The topological polar surface area (TPSA) is 105 Å². The Bertz CT molecular complexity index is 875. The van der Waals surface area contributed by atoms with Gasteiger partial charge in [-0.2, -0.15) is 5.10 Å². The lowest BCUT2D eigenvalue weighted by atomic mass is 10.3. The molecule has 0 saturated heterocycles. The van der Waals surface area contributed by atoms with Crippen LogP contribution >= 0.6 is 11.6 Å². The van der Waals surface area contributed by atoms with Gasteiger partial charge >= 0.3 is 6.03 Å². The molecule has 0 aliphatic rings. The van der Waals surface area contributed by atoms with Crippen LogP contribution in [0.25, 0.3) is 0 Å².